The molecule has 2 rings (SSSR count). The van der Waals surface area contributed by atoms with Crippen LogP contribution in [0.1, 0.15) is 21.7 Å². The summed E-state index contributed by atoms with van der Waals surface area (Å²) in [6.07, 6.45) is -13.1. The minimum atomic E-state index is -6.41. The number of hydrogen-bond donors (Lipinski definition) is 2. The molecule has 30 heavy (non-hydrogen) atoms. The fraction of sp³-hybridized carbons (Fsp3) is 0.286. The third kappa shape index (κ3) is 4.41. The van der Waals surface area contributed by atoms with Gasteiger partial charge in [0.2, 0.25) is 5.88 Å². The van der Waals surface area contributed by atoms with Gasteiger partial charge in [0.1, 0.15) is 11.3 Å². The monoisotopic (exact) mass is 448 g/mol. The molecule has 0 fully saturated rings. The highest BCUT2D eigenvalue weighted by Crippen LogP contribution is 2.48. The number of aromatic nitrogens is 3. The van der Waals surface area contributed by atoms with Crippen molar-refractivity contribution < 1.29 is 54.6 Å². The zero-order valence-corrected chi connectivity index (χ0v) is 14.3. The Kier molecular flexibility index (Phi) is 5.64. The zero-order chi connectivity index (χ0) is 23.1. The second-order valence-corrected chi connectivity index (χ2v) is 5.47. The molecular formula is C14H8F8N4O4. The van der Waals surface area contributed by atoms with E-state index in [1.807, 2.05) is 0 Å². The second kappa shape index (κ2) is 7.42. The zero-order valence-electron chi connectivity index (χ0n) is 14.3. The Labute approximate surface area is 160 Å². The number of nitrogens with one attached hydrogen (secondary N) is 1. The van der Waals surface area contributed by atoms with Crippen molar-refractivity contribution >= 4 is 17.7 Å². The molecule has 164 valence electrons. The first-order valence-electron chi connectivity index (χ1n) is 7.33. The summed E-state index contributed by atoms with van der Waals surface area (Å²) in [6, 6.07) is 1.71. The summed E-state index contributed by atoms with van der Waals surface area (Å²) < 4.78 is 109. The van der Waals surface area contributed by atoms with Crippen molar-refractivity contribution in [3.63, 3.8) is 0 Å². The molecule has 0 aliphatic carbocycles. The maximum Gasteiger partial charge on any atom is 0.512 e. The van der Waals surface area contributed by atoms with Gasteiger partial charge in [0.25, 0.3) is 5.91 Å². The predicted octanol–water partition coefficient (Wildman–Crippen LogP) is 3.80. The van der Waals surface area contributed by atoms with Gasteiger partial charge in [-0.3, -0.25) is 9.48 Å². The molecule has 0 radical (unpaired) electrons. The van der Waals surface area contributed by atoms with Crippen LogP contribution in [0.25, 0.3) is 0 Å². The van der Waals surface area contributed by atoms with Crippen molar-refractivity contribution in [2.75, 3.05) is 5.32 Å². The number of nitrogens with zero attached hydrogens (tertiary/aromatic N) is 3. The summed E-state index contributed by atoms with van der Waals surface area (Å²) in [5.41, 5.74) is -7.32. The first kappa shape index (κ1) is 22.8. The maximum atomic E-state index is 13.6. The minimum Gasteiger partial charge on any atom is -0.449 e. The smallest absolute Gasteiger partial charge is 0.449 e. The fourth-order valence-electron chi connectivity index (χ4n) is 2.23. The molecule has 0 saturated heterocycles. The molecule has 0 aromatic carbocycles. The second-order valence-electron chi connectivity index (χ2n) is 5.47. The van der Waals surface area contributed by atoms with Crippen molar-refractivity contribution in [1.29, 1.82) is 0 Å². The van der Waals surface area contributed by atoms with Gasteiger partial charge in [0, 0.05) is 25.0 Å². The molecule has 1 amide bonds. The van der Waals surface area contributed by atoms with Gasteiger partial charge in [-0.2, -0.15) is 40.2 Å². The van der Waals surface area contributed by atoms with Crippen LogP contribution in [0, 0.1) is 0 Å². The minimum absolute atomic E-state index is 0.0804. The normalized spacial score (nSPS) is 12.6. The Balaban J connectivity index is 2.54. The van der Waals surface area contributed by atoms with Gasteiger partial charge in [-0.15, -0.1) is 0 Å². The van der Waals surface area contributed by atoms with Crippen LogP contribution in [0.2, 0.25) is 0 Å². The molecule has 0 bridgehead atoms. The third-order valence-electron chi connectivity index (χ3n) is 3.38. The lowest BCUT2D eigenvalue weighted by Crippen LogP contribution is -2.36. The van der Waals surface area contributed by atoms with Crippen LogP contribution >= 0.6 is 0 Å². The molecule has 2 heterocycles. The SMILES string of the molecule is Cn1nc(C(F)(F)C(F)(F)F)c(C(F)(F)F)c1C(=O)Nc1ccnc(OC(=O)O)c1. The summed E-state index contributed by atoms with van der Waals surface area (Å²) in [5, 5.41) is 12.9. The number of ether oxygens (including phenoxy) is 1. The highest BCUT2D eigenvalue weighted by molar-refractivity contribution is 6.04. The molecular weight excluding hydrogens is 440 g/mol. The van der Waals surface area contributed by atoms with Gasteiger partial charge in [-0.1, -0.05) is 0 Å². The number of amides is 1. The third-order valence-corrected chi connectivity index (χ3v) is 3.38. The van der Waals surface area contributed by atoms with E-state index in [0.717, 1.165) is 18.3 Å². The summed E-state index contributed by atoms with van der Waals surface area (Å²) in [5.74, 6) is -8.37. The molecule has 0 unspecified atom stereocenters. The van der Waals surface area contributed by atoms with Crippen LogP contribution in [-0.4, -0.2) is 38.1 Å². The molecule has 8 nitrogen and oxygen atoms in total. The van der Waals surface area contributed by atoms with E-state index in [9.17, 15) is 44.7 Å². The van der Waals surface area contributed by atoms with E-state index in [4.69, 9.17) is 5.11 Å². The van der Waals surface area contributed by atoms with E-state index in [0.29, 0.717) is 7.05 Å². The molecule has 2 aromatic heterocycles. The Morgan fingerprint density at radius 3 is 2.23 bits per heavy atom. The van der Waals surface area contributed by atoms with Gasteiger partial charge in [0.15, 0.2) is 5.69 Å². The van der Waals surface area contributed by atoms with Gasteiger partial charge in [0.05, 0.1) is 0 Å². The standard InChI is InChI=1S/C14H8F8N4O4/c1-26-8(10(27)24-5-2-3-23-6(4-5)30-11(28)29)7(13(17,18)19)9(25-26)12(15,16)14(20,21)22/h2-4H,1H3,(H,28,29)(H,23,24,27). The predicted molar refractivity (Wildman–Crippen MR) is 79.0 cm³/mol. The summed E-state index contributed by atoms with van der Waals surface area (Å²) >= 11 is 0. The van der Waals surface area contributed by atoms with Crippen molar-refractivity contribution in [3.8, 4) is 5.88 Å². The van der Waals surface area contributed by atoms with Crippen molar-refractivity contribution in [2.45, 2.75) is 18.3 Å². The van der Waals surface area contributed by atoms with Gasteiger partial charge < -0.3 is 15.2 Å². The number of carbonyl (C=O) groups is 2. The van der Waals surface area contributed by atoms with Crippen LogP contribution in [0.15, 0.2) is 18.3 Å². The average molecular weight is 448 g/mol. The van der Waals surface area contributed by atoms with E-state index in [2.05, 4.69) is 14.8 Å². The largest absolute Gasteiger partial charge is 0.512 e. The summed E-state index contributed by atoms with van der Waals surface area (Å²) in [6.45, 7) is 0. The van der Waals surface area contributed by atoms with E-state index in [1.54, 1.807) is 5.32 Å². The van der Waals surface area contributed by atoms with Crippen LogP contribution in [0.4, 0.5) is 45.6 Å². The lowest BCUT2D eigenvalue weighted by molar-refractivity contribution is -0.292. The van der Waals surface area contributed by atoms with Gasteiger partial charge in [-0.25, -0.2) is 9.78 Å². The number of aryl methyl sites for hydroxylation is 1. The number of rotatable bonds is 4. The first-order valence-corrected chi connectivity index (χ1v) is 7.33. The van der Waals surface area contributed by atoms with Crippen molar-refractivity contribution in [1.82, 2.24) is 14.8 Å². The van der Waals surface area contributed by atoms with Crippen LogP contribution < -0.4 is 10.1 Å². The summed E-state index contributed by atoms with van der Waals surface area (Å²) in [7, 11) is 0.561. The Bertz CT molecular complexity index is 983. The molecule has 16 heteroatoms. The number of hydrogen-bond acceptors (Lipinski definition) is 5. The van der Waals surface area contributed by atoms with E-state index in [1.165, 1.54) is 0 Å². The van der Waals surface area contributed by atoms with Crippen LogP contribution in [-0.2, 0) is 19.1 Å². The van der Waals surface area contributed by atoms with Crippen LogP contribution in [0.5, 0.6) is 5.88 Å². The van der Waals surface area contributed by atoms with E-state index in [-0.39, 0.29) is 4.68 Å². The number of anilines is 1. The first-order chi connectivity index (χ1) is 13.6. The number of halogens is 8. The molecule has 0 atom stereocenters. The molecule has 0 aliphatic rings. The molecule has 0 saturated carbocycles. The molecule has 2 aromatic rings. The fourth-order valence-corrected chi connectivity index (χ4v) is 2.23. The van der Waals surface area contributed by atoms with Crippen molar-refractivity contribution in [2.24, 2.45) is 7.05 Å². The number of carboxylic acid groups (broad SMARTS) is 1. The van der Waals surface area contributed by atoms with E-state index < -0.39 is 58.9 Å². The number of carbonyl (C=O) groups excluding carboxylic acids is 1. The lowest BCUT2D eigenvalue weighted by Gasteiger charge is -2.19. The van der Waals surface area contributed by atoms with Crippen LogP contribution in [0.3, 0.4) is 0 Å². The molecule has 2 N–H and O–H groups in total. The van der Waals surface area contributed by atoms with Gasteiger partial charge in [-0.05, 0) is 6.07 Å². The maximum absolute atomic E-state index is 13.6. The van der Waals surface area contributed by atoms with Crippen molar-refractivity contribution in [3.05, 3.63) is 35.3 Å². The molecule has 0 spiro atoms. The summed E-state index contributed by atoms with van der Waals surface area (Å²) in [4.78, 5) is 26.1. The Hall–Kier alpha value is -3.46. The highest BCUT2D eigenvalue weighted by Gasteiger charge is 2.64. The number of pyridine rings is 1. The average Bonchev–Trinajstić information content (AvgIpc) is 2.91. The lowest BCUT2D eigenvalue weighted by atomic mass is 10.1. The number of alkyl halides is 8. The highest BCUT2D eigenvalue weighted by atomic mass is 19.4. The van der Waals surface area contributed by atoms with Gasteiger partial charge >= 0.3 is 24.4 Å². The van der Waals surface area contributed by atoms with E-state index >= 15 is 0 Å². The Morgan fingerprint density at radius 1 is 1.13 bits per heavy atom. The molecule has 0 aliphatic heterocycles. The Morgan fingerprint density at radius 2 is 1.73 bits per heavy atom. The quantitative estimate of drug-likeness (QED) is 0.545. The topological polar surface area (TPSA) is 106 Å².